The molecule has 96 valence electrons. The lowest BCUT2D eigenvalue weighted by atomic mass is 10.0. The van der Waals surface area contributed by atoms with Gasteiger partial charge in [-0.1, -0.05) is 5.92 Å². The molecule has 0 atom stereocenters. The highest BCUT2D eigenvalue weighted by atomic mass is 16.3. The number of phenols is 1. The molecule has 1 aliphatic rings. The van der Waals surface area contributed by atoms with Crippen molar-refractivity contribution in [3.8, 4) is 18.1 Å². The van der Waals surface area contributed by atoms with E-state index in [4.69, 9.17) is 6.42 Å². The van der Waals surface area contributed by atoms with Crippen LogP contribution in [0, 0.1) is 19.3 Å². The van der Waals surface area contributed by atoms with Gasteiger partial charge in [0.1, 0.15) is 5.75 Å². The Morgan fingerprint density at radius 1 is 1.44 bits per heavy atom. The number of hydrogen-bond donors (Lipinski definition) is 2. The summed E-state index contributed by atoms with van der Waals surface area (Å²) in [4.78, 5) is 2.31. The fourth-order valence-electron chi connectivity index (χ4n) is 2.35. The van der Waals surface area contributed by atoms with Gasteiger partial charge in [0.25, 0.3) is 0 Å². The van der Waals surface area contributed by atoms with E-state index in [9.17, 15) is 5.11 Å². The third-order valence-corrected chi connectivity index (χ3v) is 3.47. The summed E-state index contributed by atoms with van der Waals surface area (Å²) in [7, 11) is 0. The van der Waals surface area contributed by atoms with E-state index in [1.54, 1.807) is 6.07 Å². The van der Waals surface area contributed by atoms with Crippen molar-refractivity contribution in [1.29, 1.82) is 0 Å². The largest absolute Gasteiger partial charge is 0.508 e. The molecule has 0 saturated carbocycles. The highest BCUT2D eigenvalue weighted by Crippen LogP contribution is 2.22. The second kappa shape index (κ2) is 5.79. The van der Waals surface area contributed by atoms with Crippen molar-refractivity contribution in [3.05, 3.63) is 23.8 Å². The molecule has 1 aromatic carbocycles. The number of hydrogen-bond acceptors (Lipinski definition) is 3. The van der Waals surface area contributed by atoms with Gasteiger partial charge in [0, 0.05) is 24.8 Å². The maximum Gasteiger partial charge on any atom is 0.118 e. The first kappa shape index (κ1) is 12.8. The number of nitrogens with zero attached hydrogens (tertiary/aromatic N) is 1. The summed E-state index contributed by atoms with van der Waals surface area (Å²) in [6.07, 6.45) is 7.54. The van der Waals surface area contributed by atoms with Crippen LogP contribution in [0.2, 0.25) is 0 Å². The molecule has 3 nitrogen and oxygen atoms in total. The standard InChI is InChI=1S/C15H20N2O/c1-3-8-17-9-6-13(7-10-17)16-14-4-5-15(18)12(2)11-14/h1,4-5,11,13,16,18H,6-10H2,2H3. The molecule has 0 unspecified atom stereocenters. The Hall–Kier alpha value is -1.66. The van der Waals surface area contributed by atoms with Gasteiger partial charge in [-0.05, 0) is 43.5 Å². The van der Waals surface area contributed by atoms with E-state index in [0.717, 1.165) is 43.7 Å². The number of phenolic OH excluding ortho intramolecular Hbond substituents is 1. The van der Waals surface area contributed by atoms with Crippen LogP contribution in [0.1, 0.15) is 18.4 Å². The summed E-state index contributed by atoms with van der Waals surface area (Å²) >= 11 is 0. The van der Waals surface area contributed by atoms with Crippen LogP contribution in [0.15, 0.2) is 18.2 Å². The first-order valence-corrected chi connectivity index (χ1v) is 6.41. The van der Waals surface area contributed by atoms with Crippen LogP contribution in [-0.2, 0) is 0 Å². The Labute approximate surface area is 109 Å². The summed E-state index contributed by atoms with van der Waals surface area (Å²) in [6, 6.07) is 6.16. The van der Waals surface area contributed by atoms with Crippen LogP contribution in [0.5, 0.6) is 5.75 Å². The van der Waals surface area contributed by atoms with Gasteiger partial charge in [-0.3, -0.25) is 4.90 Å². The quantitative estimate of drug-likeness (QED) is 0.632. The van der Waals surface area contributed by atoms with Crippen molar-refractivity contribution >= 4 is 5.69 Å². The van der Waals surface area contributed by atoms with Gasteiger partial charge in [0.15, 0.2) is 0 Å². The topological polar surface area (TPSA) is 35.5 Å². The minimum Gasteiger partial charge on any atom is -0.508 e. The Kier molecular flexibility index (Phi) is 4.11. The van der Waals surface area contributed by atoms with Crippen molar-refractivity contribution in [3.63, 3.8) is 0 Å². The Balaban J connectivity index is 1.88. The molecule has 0 aliphatic carbocycles. The first-order chi connectivity index (χ1) is 8.69. The Morgan fingerprint density at radius 2 is 2.17 bits per heavy atom. The molecule has 0 radical (unpaired) electrons. The van der Waals surface area contributed by atoms with Crippen molar-refractivity contribution < 1.29 is 5.11 Å². The molecule has 0 spiro atoms. The number of benzene rings is 1. The SMILES string of the molecule is C#CCN1CCC(Nc2ccc(O)c(C)c2)CC1. The number of rotatable bonds is 3. The number of anilines is 1. The van der Waals surface area contributed by atoms with Gasteiger partial charge in [0.05, 0.1) is 6.54 Å². The first-order valence-electron chi connectivity index (χ1n) is 6.41. The summed E-state index contributed by atoms with van der Waals surface area (Å²) < 4.78 is 0. The normalized spacial score (nSPS) is 17.3. The maximum atomic E-state index is 9.49. The third-order valence-electron chi connectivity index (χ3n) is 3.47. The predicted octanol–water partition coefficient (Wildman–Crippen LogP) is 2.21. The average molecular weight is 244 g/mol. The third kappa shape index (κ3) is 3.18. The van der Waals surface area contributed by atoms with E-state index in [1.807, 2.05) is 19.1 Å². The fraction of sp³-hybridized carbons (Fsp3) is 0.467. The number of piperidine rings is 1. The lowest BCUT2D eigenvalue weighted by Crippen LogP contribution is -2.39. The van der Waals surface area contributed by atoms with Gasteiger partial charge in [-0.25, -0.2) is 0 Å². The van der Waals surface area contributed by atoms with Gasteiger partial charge in [0.2, 0.25) is 0 Å². The minimum absolute atomic E-state index is 0.351. The smallest absolute Gasteiger partial charge is 0.118 e. The van der Waals surface area contributed by atoms with E-state index in [2.05, 4.69) is 16.1 Å². The zero-order chi connectivity index (χ0) is 13.0. The Bertz CT molecular complexity index is 442. The van der Waals surface area contributed by atoms with Crippen LogP contribution < -0.4 is 5.32 Å². The fourth-order valence-corrected chi connectivity index (χ4v) is 2.35. The van der Waals surface area contributed by atoms with Crippen LogP contribution in [0.4, 0.5) is 5.69 Å². The monoisotopic (exact) mass is 244 g/mol. The molecule has 2 rings (SSSR count). The van der Waals surface area contributed by atoms with E-state index in [-0.39, 0.29) is 0 Å². The molecule has 2 N–H and O–H groups in total. The van der Waals surface area contributed by atoms with Crippen molar-refractivity contribution in [2.75, 3.05) is 25.0 Å². The molecule has 1 fully saturated rings. The molecule has 0 aromatic heterocycles. The molecule has 1 saturated heterocycles. The molecule has 1 heterocycles. The van der Waals surface area contributed by atoms with E-state index in [0.29, 0.717) is 11.8 Å². The zero-order valence-electron chi connectivity index (χ0n) is 10.8. The molecular formula is C15H20N2O. The van der Waals surface area contributed by atoms with Gasteiger partial charge < -0.3 is 10.4 Å². The Morgan fingerprint density at radius 3 is 2.78 bits per heavy atom. The number of likely N-dealkylation sites (tertiary alicyclic amines) is 1. The van der Waals surface area contributed by atoms with Crippen LogP contribution in [-0.4, -0.2) is 35.7 Å². The molecule has 1 aromatic rings. The average Bonchev–Trinajstić information content (AvgIpc) is 2.37. The van der Waals surface area contributed by atoms with Crippen LogP contribution in [0.3, 0.4) is 0 Å². The maximum absolute atomic E-state index is 9.49. The van der Waals surface area contributed by atoms with E-state index < -0.39 is 0 Å². The van der Waals surface area contributed by atoms with Crippen molar-refractivity contribution in [2.45, 2.75) is 25.8 Å². The summed E-state index contributed by atoms with van der Waals surface area (Å²) in [6.45, 7) is 4.78. The predicted molar refractivity (Wildman–Crippen MR) is 74.8 cm³/mol. The molecule has 0 bridgehead atoms. The van der Waals surface area contributed by atoms with Gasteiger partial charge in [-0.15, -0.1) is 6.42 Å². The second-order valence-corrected chi connectivity index (χ2v) is 4.90. The van der Waals surface area contributed by atoms with E-state index in [1.165, 1.54) is 0 Å². The van der Waals surface area contributed by atoms with E-state index >= 15 is 0 Å². The number of terminal acetylenes is 1. The van der Waals surface area contributed by atoms with Crippen LogP contribution in [0.25, 0.3) is 0 Å². The summed E-state index contributed by atoms with van der Waals surface area (Å²) in [5, 5.41) is 13.0. The molecule has 18 heavy (non-hydrogen) atoms. The molecule has 3 heteroatoms. The number of nitrogens with one attached hydrogen (secondary N) is 1. The lowest BCUT2D eigenvalue weighted by molar-refractivity contribution is 0.243. The van der Waals surface area contributed by atoms with Gasteiger partial charge in [-0.2, -0.15) is 0 Å². The number of aryl methyl sites for hydroxylation is 1. The molecule has 1 aliphatic heterocycles. The molecule has 0 amide bonds. The van der Waals surface area contributed by atoms with Crippen LogP contribution >= 0.6 is 0 Å². The molecular weight excluding hydrogens is 224 g/mol. The summed E-state index contributed by atoms with van der Waals surface area (Å²) in [5.74, 6) is 3.04. The summed E-state index contributed by atoms with van der Waals surface area (Å²) in [5.41, 5.74) is 1.99. The minimum atomic E-state index is 0.351. The lowest BCUT2D eigenvalue weighted by Gasteiger charge is -2.31. The number of aromatic hydroxyl groups is 1. The van der Waals surface area contributed by atoms with Crippen molar-refractivity contribution in [1.82, 2.24) is 4.90 Å². The highest BCUT2D eigenvalue weighted by Gasteiger charge is 2.18. The second-order valence-electron chi connectivity index (χ2n) is 4.90. The van der Waals surface area contributed by atoms with Gasteiger partial charge >= 0.3 is 0 Å². The zero-order valence-corrected chi connectivity index (χ0v) is 10.8. The highest BCUT2D eigenvalue weighted by molar-refractivity contribution is 5.50. The van der Waals surface area contributed by atoms with Crippen molar-refractivity contribution in [2.24, 2.45) is 0 Å².